The van der Waals surface area contributed by atoms with Gasteiger partial charge in [0.15, 0.2) is 0 Å². The van der Waals surface area contributed by atoms with Gasteiger partial charge < -0.3 is 14.5 Å². The van der Waals surface area contributed by atoms with E-state index >= 15 is 0 Å². The van der Waals surface area contributed by atoms with Crippen molar-refractivity contribution >= 4 is 12.0 Å². The molecule has 0 bridgehead atoms. The van der Waals surface area contributed by atoms with Crippen molar-refractivity contribution in [3.05, 3.63) is 58.7 Å². The van der Waals surface area contributed by atoms with Gasteiger partial charge in [-0.2, -0.15) is 5.26 Å². The van der Waals surface area contributed by atoms with Crippen molar-refractivity contribution in [2.45, 2.75) is 90.3 Å². The fourth-order valence-electron chi connectivity index (χ4n) is 7.17. The largest absolute Gasteiger partial charge is 0.442 e. The summed E-state index contributed by atoms with van der Waals surface area (Å²) in [6.07, 6.45) is 8.07. The first-order valence-electron chi connectivity index (χ1n) is 15.5. The van der Waals surface area contributed by atoms with E-state index in [2.05, 4.69) is 34.8 Å². The van der Waals surface area contributed by atoms with Gasteiger partial charge in [-0.15, -0.1) is 0 Å². The quantitative estimate of drug-likeness (QED) is 0.446. The van der Waals surface area contributed by atoms with Crippen molar-refractivity contribution in [1.82, 2.24) is 24.7 Å². The maximum absolute atomic E-state index is 13.3. The molecule has 1 atom stereocenters. The molecule has 224 valence electrons. The molecule has 1 aromatic carbocycles. The molecule has 0 saturated carbocycles. The van der Waals surface area contributed by atoms with Gasteiger partial charge in [-0.1, -0.05) is 31.9 Å². The minimum atomic E-state index is -0.417. The van der Waals surface area contributed by atoms with Crippen LogP contribution < -0.4 is 0 Å². The number of rotatable bonds is 7. The number of piperidine rings is 2. The highest BCUT2D eigenvalue weighted by atomic mass is 16.6. The van der Waals surface area contributed by atoms with Crippen LogP contribution in [0.5, 0.6) is 0 Å². The predicted molar refractivity (Wildman–Crippen MR) is 160 cm³/mol. The standard InChI is InChI=1S/C33H44N6O3/c1-5-6-7-28-22-38(21-27-10-8-26(20-34)9-11-27)31(41)42-33(28)14-18-39(19-15-33)32(4)12-16-37(17-13-32)30(40)29-24(2)35-23-36-25(29)3/h8-11,23,28H,5-7,12-19,21-22H2,1-4H3. The van der Waals surface area contributed by atoms with Crippen LogP contribution in [0.1, 0.15) is 91.7 Å². The molecule has 5 rings (SSSR count). The first-order chi connectivity index (χ1) is 20.2. The third-order valence-corrected chi connectivity index (χ3v) is 10.0. The molecule has 3 aliphatic heterocycles. The second kappa shape index (κ2) is 12.4. The molecule has 3 aliphatic rings. The van der Waals surface area contributed by atoms with Crippen molar-refractivity contribution in [1.29, 1.82) is 5.26 Å². The molecule has 2 amide bonds. The van der Waals surface area contributed by atoms with Gasteiger partial charge in [0.1, 0.15) is 11.9 Å². The molecule has 42 heavy (non-hydrogen) atoms. The van der Waals surface area contributed by atoms with E-state index < -0.39 is 5.60 Å². The molecule has 1 unspecified atom stereocenters. The fourth-order valence-corrected chi connectivity index (χ4v) is 7.17. The number of benzene rings is 1. The number of nitrogens with zero attached hydrogens (tertiary/aromatic N) is 6. The molecular formula is C33H44N6O3. The van der Waals surface area contributed by atoms with Crippen LogP contribution in [0.25, 0.3) is 0 Å². The number of carbonyl (C=O) groups is 2. The Morgan fingerprint density at radius 3 is 2.29 bits per heavy atom. The summed E-state index contributed by atoms with van der Waals surface area (Å²) in [5.41, 5.74) is 3.32. The zero-order chi connectivity index (χ0) is 29.9. The first-order valence-corrected chi connectivity index (χ1v) is 15.5. The fraction of sp³-hybridized carbons (Fsp3) is 0.606. The highest BCUT2D eigenvalue weighted by Gasteiger charge is 2.51. The molecule has 2 aromatic rings. The van der Waals surface area contributed by atoms with Crippen LogP contribution in [0.3, 0.4) is 0 Å². The number of aryl methyl sites for hydroxylation is 2. The van der Waals surface area contributed by atoms with Gasteiger partial charge in [0.2, 0.25) is 0 Å². The molecule has 1 aromatic heterocycles. The zero-order valence-electron chi connectivity index (χ0n) is 25.6. The Hall–Kier alpha value is -3.51. The van der Waals surface area contributed by atoms with E-state index in [0.717, 1.165) is 75.0 Å². The van der Waals surface area contributed by atoms with E-state index in [4.69, 9.17) is 10.00 Å². The number of unbranched alkanes of at least 4 members (excludes halogenated alkanes) is 1. The van der Waals surface area contributed by atoms with Crippen LogP contribution in [0.2, 0.25) is 0 Å². The minimum absolute atomic E-state index is 0.00881. The van der Waals surface area contributed by atoms with Crippen LogP contribution in [0, 0.1) is 31.1 Å². The summed E-state index contributed by atoms with van der Waals surface area (Å²) in [6, 6.07) is 9.60. The highest BCUT2D eigenvalue weighted by Crippen LogP contribution is 2.43. The van der Waals surface area contributed by atoms with Gasteiger partial charge in [0.05, 0.1) is 28.6 Å². The van der Waals surface area contributed by atoms with Crippen molar-refractivity contribution in [2.75, 3.05) is 32.7 Å². The number of hydrogen-bond donors (Lipinski definition) is 0. The molecule has 0 N–H and O–H groups in total. The lowest BCUT2D eigenvalue weighted by atomic mass is 9.74. The summed E-state index contributed by atoms with van der Waals surface area (Å²) in [6.45, 7) is 12.7. The lowest BCUT2D eigenvalue weighted by Gasteiger charge is -2.55. The Labute approximate surface area is 249 Å². The third kappa shape index (κ3) is 6.00. The predicted octanol–water partition coefficient (Wildman–Crippen LogP) is 5.25. The van der Waals surface area contributed by atoms with Crippen molar-refractivity contribution in [3.8, 4) is 6.07 Å². The summed E-state index contributed by atoms with van der Waals surface area (Å²) < 4.78 is 6.39. The number of likely N-dealkylation sites (tertiary alicyclic amines) is 2. The average molecular weight is 573 g/mol. The van der Waals surface area contributed by atoms with E-state index in [0.29, 0.717) is 43.2 Å². The highest BCUT2D eigenvalue weighted by molar-refractivity contribution is 5.96. The number of hydrogen-bond acceptors (Lipinski definition) is 7. The molecule has 4 heterocycles. The Morgan fingerprint density at radius 1 is 1.05 bits per heavy atom. The number of amides is 2. The number of nitriles is 1. The SMILES string of the molecule is CCCCC1CN(Cc2ccc(C#N)cc2)C(=O)OC12CCN(C1(C)CCN(C(=O)c3c(C)ncnc3C)CC1)CC2. The van der Waals surface area contributed by atoms with Gasteiger partial charge in [0, 0.05) is 63.6 Å². The van der Waals surface area contributed by atoms with E-state index in [9.17, 15) is 9.59 Å². The lowest BCUT2D eigenvalue weighted by Crippen LogP contribution is -2.63. The minimum Gasteiger partial charge on any atom is -0.442 e. The van der Waals surface area contributed by atoms with Crippen LogP contribution in [0.15, 0.2) is 30.6 Å². The third-order valence-electron chi connectivity index (χ3n) is 10.0. The van der Waals surface area contributed by atoms with Crippen LogP contribution >= 0.6 is 0 Å². The maximum atomic E-state index is 13.3. The van der Waals surface area contributed by atoms with Gasteiger partial charge >= 0.3 is 6.09 Å². The molecule has 9 nitrogen and oxygen atoms in total. The van der Waals surface area contributed by atoms with Crippen LogP contribution in [0.4, 0.5) is 4.79 Å². The Kier molecular flexibility index (Phi) is 8.84. The monoisotopic (exact) mass is 572 g/mol. The smallest absolute Gasteiger partial charge is 0.410 e. The van der Waals surface area contributed by atoms with Gasteiger partial charge in [-0.05, 0) is 57.7 Å². The zero-order valence-corrected chi connectivity index (χ0v) is 25.6. The van der Waals surface area contributed by atoms with E-state index in [1.807, 2.05) is 35.8 Å². The summed E-state index contributed by atoms with van der Waals surface area (Å²) in [7, 11) is 0. The lowest BCUT2D eigenvalue weighted by molar-refractivity contribution is -0.134. The number of carbonyl (C=O) groups excluding carboxylic acids is 2. The summed E-state index contributed by atoms with van der Waals surface area (Å²) in [4.78, 5) is 41.5. The van der Waals surface area contributed by atoms with E-state index in [1.54, 1.807) is 12.1 Å². The van der Waals surface area contributed by atoms with E-state index in [1.165, 1.54) is 6.33 Å². The van der Waals surface area contributed by atoms with Gasteiger partial charge in [-0.3, -0.25) is 9.69 Å². The second-order valence-electron chi connectivity index (χ2n) is 12.7. The molecule has 9 heteroatoms. The number of ether oxygens (including phenoxy) is 1. The molecule has 0 radical (unpaired) electrons. The van der Waals surface area contributed by atoms with Crippen LogP contribution in [-0.2, 0) is 11.3 Å². The Bertz CT molecular complexity index is 1300. The van der Waals surface area contributed by atoms with Crippen molar-refractivity contribution < 1.29 is 14.3 Å². The summed E-state index contributed by atoms with van der Waals surface area (Å²) in [5, 5.41) is 9.10. The molecule has 1 spiro atoms. The van der Waals surface area contributed by atoms with Gasteiger partial charge in [0.25, 0.3) is 5.91 Å². The topological polar surface area (TPSA) is 103 Å². The Balaban J connectivity index is 1.21. The average Bonchev–Trinajstić information content (AvgIpc) is 2.99. The normalized spacial score (nSPS) is 22.1. The first kappa shape index (κ1) is 30.0. The Morgan fingerprint density at radius 2 is 1.69 bits per heavy atom. The summed E-state index contributed by atoms with van der Waals surface area (Å²) in [5.74, 6) is 0.325. The molecule has 0 aliphatic carbocycles. The van der Waals surface area contributed by atoms with Gasteiger partial charge in [-0.25, -0.2) is 14.8 Å². The van der Waals surface area contributed by atoms with Crippen molar-refractivity contribution in [2.24, 2.45) is 5.92 Å². The maximum Gasteiger partial charge on any atom is 0.410 e. The second-order valence-corrected chi connectivity index (χ2v) is 12.7. The molecular weight excluding hydrogens is 528 g/mol. The summed E-state index contributed by atoms with van der Waals surface area (Å²) >= 11 is 0. The van der Waals surface area contributed by atoms with Crippen molar-refractivity contribution in [3.63, 3.8) is 0 Å². The van der Waals surface area contributed by atoms with Crippen LogP contribution in [-0.4, -0.2) is 80.5 Å². The number of aromatic nitrogens is 2. The molecule has 3 fully saturated rings. The van der Waals surface area contributed by atoms with E-state index in [-0.39, 0.29) is 17.5 Å². The molecule has 3 saturated heterocycles.